The SMILES string of the molecule is Cc1c(F)cc(C(=O)NC(C)C(C)(C)C)cc1-c1ccc(C(=O)NCC(C)(C)C)cc1C(=O)Nc1nccs1. The molecule has 3 aromatic rings. The van der Waals surface area contributed by atoms with E-state index in [1.54, 1.807) is 36.7 Å². The summed E-state index contributed by atoms with van der Waals surface area (Å²) in [6.45, 7) is 16.0. The molecule has 2 aromatic carbocycles. The summed E-state index contributed by atoms with van der Waals surface area (Å²) < 4.78 is 15.2. The van der Waals surface area contributed by atoms with Crippen molar-refractivity contribution in [2.45, 2.75) is 61.4 Å². The van der Waals surface area contributed by atoms with E-state index in [1.807, 2.05) is 48.5 Å². The van der Waals surface area contributed by atoms with Crippen LogP contribution in [-0.2, 0) is 0 Å². The van der Waals surface area contributed by atoms with E-state index in [0.29, 0.717) is 28.4 Å². The van der Waals surface area contributed by atoms with Crippen molar-refractivity contribution in [2.24, 2.45) is 10.8 Å². The van der Waals surface area contributed by atoms with Crippen LogP contribution in [0.2, 0.25) is 0 Å². The van der Waals surface area contributed by atoms with Gasteiger partial charge in [-0.2, -0.15) is 0 Å². The molecule has 1 unspecified atom stereocenters. The molecule has 7 nitrogen and oxygen atoms in total. The average Bonchev–Trinajstić information content (AvgIpc) is 3.35. The monoisotopic (exact) mass is 552 g/mol. The number of aromatic nitrogens is 1. The van der Waals surface area contributed by atoms with Crippen LogP contribution >= 0.6 is 11.3 Å². The van der Waals surface area contributed by atoms with Crippen LogP contribution in [0.25, 0.3) is 11.1 Å². The van der Waals surface area contributed by atoms with Crippen LogP contribution in [0.3, 0.4) is 0 Å². The summed E-state index contributed by atoms with van der Waals surface area (Å²) in [5.74, 6) is -1.81. The molecule has 0 saturated heterocycles. The fraction of sp³-hybridized carbons (Fsp3) is 0.400. The Morgan fingerprint density at radius 1 is 0.949 bits per heavy atom. The van der Waals surface area contributed by atoms with Crippen molar-refractivity contribution in [3.8, 4) is 11.1 Å². The third-order valence-corrected chi connectivity index (χ3v) is 7.19. The van der Waals surface area contributed by atoms with Crippen LogP contribution in [0.15, 0.2) is 41.9 Å². The third kappa shape index (κ3) is 7.72. The first-order valence-corrected chi connectivity index (χ1v) is 13.7. The number of hydrogen-bond acceptors (Lipinski definition) is 5. The average molecular weight is 553 g/mol. The Balaban J connectivity index is 2.08. The summed E-state index contributed by atoms with van der Waals surface area (Å²) in [7, 11) is 0. The lowest BCUT2D eigenvalue weighted by Gasteiger charge is -2.28. The fourth-order valence-corrected chi connectivity index (χ4v) is 4.12. The number of carbonyl (C=O) groups excluding carboxylic acids is 3. The maximum atomic E-state index is 15.2. The molecule has 0 aliphatic rings. The number of halogens is 1. The van der Waals surface area contributed by atoms with Gasteiger partial charge in [0, 0.05) is 40.9 Å². The van der Waals surface area contributed by atoms with Gasteiger partial charge in [0.2, 0.25) is 0 Å². The second kappa shape index (κ2) is 11.7. The molecule has 1 heterocycles. The first-order chi connectivity index (χ1) is 18.1. The summed E-state index contributed by atoms with van der Waals surface area (Å²) in [4.78, 5) is 43.5. The van der Waals surface area contributed by atoms with Crippen molar-refractivity contribution >= 4 is 34.2 Å². The van der Waals surface area contributed by atoms with Crippen LogP contribution in [0.1, 0.15) is 85.1 Å². The Kier molecular flexibility index (Phi) is 8.95. The summed E-state index contributed by atoms with van der Waals surface area (Å²) in [6.07, 6.45) is 1.57. The van der Waals surface area contributed by atoms with Gasteiger partial charge in [-0.1, -0.05) is 47.6 Å². The topological polar surface area (TPSA) is 100 Å². The quantitative estimate of drug-likeness (QED) is 0.314. The Labute approximate surface area is 233 Å². The molecule has 208 valence electrons. The van der Waals surface area contributed by atoms with Gasteiger partial charge in [0.1, 0.15) is 5.82 Å². The lowest BCUT2D eigenvalue weighted by molar-refractivity contribution is 0.0907. The summed E-state index contributed by atoms with van der Waals surface area (Å²) in [5, 5.41) is 10.7. The molecular weight excluding hydrogens is 515 g/mol. The highest BCUT2D eigenvalue weighted by Crippen LogP contribution is 2.32. The first kappa shape index (κ1) is 30.0. The number of carbonyl (C=O) groups is 3. The molecule has 0 radical (unpaired) electrons. The highest BCUT2D eigenvalue weighted by atomic mass is 32.1. The van der Waals surface area contributed by atoms with Crippen LogP contribution < -0.4 is 16.0 Å². The zero-order valence-electron chi connectivity index (χ0n) is 23.8. The molecule has 0 bridgehead atoms. The van der Waals surface area contributed by atoms with Crippen LogP contribution in [0.4, 0.5) is 9.52 Å². The highest BCUT2D eigenvalue weighted by Gasteiger charge is 2.25. The Morgan fingerprint density at radius 2 is 1.64 bits per heavy atom. The summed E-state index contributed by atoms with van der Waals surface area (Å²) in [5.41, 5.74) is 1.34. The predicted octanol–water partition coefficient (Wildman–Crippen LogP) is 6.45. The minimum Gasteiger partial charge on any atom is -0.352 e. The normalized spacial score (nSPS) is 12.5. The van der Waals surface area contributed by atoms with Gasteiger partial charge in [-0.15, -0.1) is 11.3 Å². The lowest BCUT2D eigenvalue weighted by atomic mass is 9.87. The van der Waals surface area contributed by atoms with Gasteiger partial charge in [0.25, 0.3) is 17.7 Å². The minimum absolute atomic E-state index is 0.124. The van der Waals surface area contributed by atoms with Gasteiger partial charge in [-0.05, 0) is 65.6 Å². The van der Waals surface area contributed by atoms with E-state index in [2.05, 4.69) is 20.9 Å². The van der Waals surface area contributed by atoms with E-state index in [4.69, 9.17) is 0 Å². The van der Waals surface area contributed by atoms with Crippen molar-refractivity contribution < 1.29 is 18.8 Å². The molecular formula is C30H37FN4O3S. The van der Waals surface area contributed by atoms with E-state index in [-0.39, 0.29) is 39.5 Å². The van der Waals surface area contributed by atoms with Gasteiger partial charge in [0.15, 0.2) is 5.13 Å². The zero-order valence-corrected chi connectivity index (χ0v) is 24.6. The van der Waals surface area contributed by atoms with E-state index in [9.17, 15) is 14.4 Å². The standard InChI is InChI=1S/C30H37FN4O3S/c1-17-22(14-20(15-24(17)31)26(37)34-18(2)30(6,7)8)21-10-9-19(25(36)33-16-29(3,4)5)13-23(21)27(38)35-28-32-11-12-39-28/h9-15,18H,16H2,1-8H3,(H,33,36)(H,34,37)(H,32,35,38). The second-order valence-electron chi connectivity index (χ2n) is 12.0. The molecule has 1 aromatic heterocycles. The van der Waals surface area contributed by atoms with Gasteiger partial charge in [0.05, 0.1) is 0 Å². The van der Waals surface area contributed by atoms with Crippen LogP contribution in [0.5, 0.6) is 0 Å². The number of thiazole rings is 1. The zero-order chi connectivity index (χ0) is 29.1. The molecule has 3 rings (SSSR count). The van der Waals surface area contributed by atoms with E-state index in [1.165, 1.54) is 23.5 Å². The number of amides is 3. The third-order valence-electron chi connectivity index (χ3n) is 6.50. The number of nitrogens with zero attached hydrogens (tertiary/aromatic N) is 1. The molecule has 39 heavy (non-hydrogen) atoms. The number of rotatable bonds is 7. The van der Waals surface area contributed by atoms with Crippen molar-refractivity contribution in [1.29, 1.82) is 0 Å². The van der Waals surface area contributed by atoms with Crippen LogP contribution in [-0.4, -0.2) is 35.3 Å². The van der Waals surface area contributed by atoms with Crippen molar-refractivity contribution in [2.75, 3.05) is 11.9 Å². The fourth-order valence-electron chi connectivity index (χ4n) is 3.59. The first-order valence-electron chi connectivity index (χ1n) is 12.8. The maximum absolute atomic E-state index is 15.2. The predicted molar refractivity (Wildman–Crippen MR) is 155 cm³/mol. The molecule has 3 amide bonds. The van der Waals surface area contributed by atoms with E-state index < -0.39 is 17.6 Å². The second-order valence-corrected chi connectivity index (χ2v) is 12.9. The molecule has 9 heteroatoms. The molecule has 1 atom stereocenters. The molecule has 0 aliphatic carbocycles. The van der Waals surface area contributed by atoms with E-state index in [0.717, 1.165) is 0 Å². The Hall–Kier alpha value is -3.59. The molecule has 0 fully saturated rings. The summed E-state index contributed by atoms with van der Waals surface area (Å²) >= 11 is 1.25. The summed E-state index contributed by atoms with van der Waals surface area (Å²) in [6, 6.07) is 7.32. The molecule has 0 aliphatic heterocycles. The molecule has 0 saturated carbocycles. The van der Waals surface area contributed by atoms with Crippen molar-refractivity contribution in [1.82, 2.24) is 15.6 Å². The smallest absolute Gasteiger partial charge is 0.258 e. The van der Waals surface area contributed by atoms with Gasteiger partial charge < -0.3 is 10.6 Å². The van der Waals surface area contributed by atoms with Crippen molar-refractivity contribution in [3.05, 3.63) is 70.0 Å². The number of anilines is 1. The molecule has 3 N–H and O–H groups in total. The van der Waals surface area contributed by atoms with Gasteiger partial charge in [-0.25, -0.2) is 9.37 Å². The van der Waals surface area contributed by atoms with E-state index >= 15 is 4.39 Å². The van der Waals surface area contributed by atoms with Gasteiger partial charge in [-0.3, -0.25) is 19.7 Å². The minimum atomic E-state index is -0.570. The lowest BCUT2D eigenvalue weighted by Crippen LogP contribution is -2.41. The highest BCUT2D eigenvalue weighted by molar-refractivity contribution is 7.13. The van der Waals surface area contributed by atoms with Crippen LogP contribution in [0, 0.1) is 23.6 Å². The number of nitrogens with one attached hydrogen (secondary N) is 3. The number of benzene rings is 2. The maximum Gasteiger partial charge on any atom is 0.258 e. The van der Waals surface area contributed by atoms with Gasteiger partial charge >= 0.3 is 0 Å². The Bertz CT molecular complexity index is 1370. The number of hydrogen-bond donors (Lipinski definition) is 3. The molecule has 0 spiro atoms. The Morgan fingerprint density at radius 3 is 2.23 bits per heavy atom. The largest absolute Gasteiger partial charge is 0.352 e. The van der Waals surface area contributed by atoms with Crippen molar-refractivity contribution in [3.63, 3.8) is 0 Å².